The van der Waals surface area contributed by atoms with Crippen molar-refractivity contribution in [1.29, 1.82) is 0 Å². The largest absolute Gasteiger partial charge is 0.409 e. The van der Waals surface area contributed by atoms with E-state index in [9.17, 15) is 0 Å². The van der Waals surface area contributed by atoms with Crippen LogP contribution in [0.4, 0.5) is 0 Å². The minimum absolute atomic E-state index is 0.0858. The van der Waals surface area contributed by atoms with Crippen LogP contribution in [0.5, 0.6) is 0 Å². The molecule has 1 aromatic rings. The van der Waals surface area contributed by atoms with Crippen molar-refractivity contribution in [2.75, 3.05) is 0 Å². The van der Waals surface area contributed by atoms with Gasteiger partial charge in [0.15, 0.2) is 10.2 Å². The first-order valence-corrected chi connectivity index (χ1v) is 5.27. The van der Waals surface area contributed by atoms with E-state index in [0.29, 0.717) is 0 Å². The van der Waals surface area contributed by atoms with Crippen LogP contribution in [-0.4, -0.2) is 26.5 Å². The van der Waals surface area contributed by atoms with Gasteiger partial charge < -0.3 is 10.9 Å². The first-order chi connectivity index (χ1) is 6.13. The fourth-order valence-electron chi connectivity index (χ4n) is 0.619. The molecule has 0 aliphatic heterocycles. The molecule has 0 saturated carbocycles. The van der Waals surface area contributed by atoms with Crippen molar-refractivity contribution in [2.24, 2.45) is 10.9 Å². The van der Waals surface area contributed by atoms with Gasteiger partial charge in [-0.3, -0.25) is 0 Å². The van der Waals surface area contributed by atoms with E-state index in [-0.39, 0.29) is 11.1 Å². The van der Waals surface area contributed by atoms with Crippen molar-refractivity contribution in [3.8, 4) is 0 Å². The molecule has 0 saturated heterocycles. The van der Waals surface area contributed by atoms with E-state index in [1.807, 2.05) is 13.8 Å². The first-order valence-electron chi connectivity index (χ1n) is 3.57. The lowest BCUT2D eigenvalue weighted by atomic mass is 10.4. The molecular weight excluding hydrogens is 208 g/mol. The van der Waals surface area contributed by atoms with Crippen molar-refractivity contribution in [3.63, 3.8) is 0 Å². The topological polar surface area (TPSA) is 84.4 Å². The second kappa shape index (κ2) is 4.43. The second-order valence-corrected chi connectivity index (χ2v) is 5.14. The highest BCUT2D eigenvalue weighted by atomic mass is 32.2. The summed E-state index contributed by atoms with van der Waals surface area (Å²) < 4.78 is 0.830. The molecule has 1 heterocycles. The molecule has 3 N–H and O–H groups in total. The second-order valence-electron chi connectivity index (χ2n) is 2.37. The molecule has 72 valence electrons. The quantitative estimate of drug-likeness (QED) is 0.261. The van der Waals surface area contributed by atoms with Crippen LogP contribution >= 0.6 is 23.1 Å². The van der Waals surface area contributed by atoms with Crippen molar-refractivity contribution in [1.82, 2.24) is 10.2 Å². The number of aromatic nitrogens is 2. The molecule has 1 rings (SSSR count). The van der Waals surface area contributed by atoms with E-state index >= 15 is 0 Å². The van der Waals surface area contributed by atoms with Gasteiger partial charge in [0, 0.05) is 0 Å². The average Bonchev–Trinajstić information content (AvgIpc) is 2.49. The summed E-state index contributed by atoms with van der Waals surface area (Å²) in [5, 5.41) is 19.9. The van der Waals surface area contributed by atoms with Gasteiger partial charge in [0.2, 0.25) is 0 Å². The van der Waals surface area contributed by atoms with Crippen molar-refractivity contribution in [2.45, 2.75) is 23.4 Å². The third kappa shape index (κ3) is 2.85. The molecule has 0 aromatic carbocycles. The lowest BCUT2D eigenvalue weighted by molar-refractivity contribution is 0.317. The SMILES string of the molecule is Cc1nnc(SC(C)C(N)=NO)s1. The number of amidine groups is 1. The third-order valence-corrected chi connectivity index (χ3v) is 3.37. The number of oxime groups is 1. The number of nitrogens with zero attached hydrogens (tertiary/aromatic N) is 3. The smallest absolute Gasteiger partial charge is 0.174 e. The monoisotopic (exact) mass is 218 g/mol. The minimum atomic E-state index is -0.0858. The Kier molecular flexibility index (Phi) is 3.49. The molecular formula is C6H10N4OS2. The average molecular weight is 218 g/mol. The zero-order chi connectivity index (χ0) is 9.84. The zero-order valence-electron chi connectivity index (χ0n) is 7.26. The van der Waals surface area contributed by atoms with Crippen LogP contribution < -0.4 is 5.73 Å². The Balaban J connectivity index is 2.59. The van der Waals surface area contributed by atoms with Gasteiger partial charge in [0.05, 0.1) is 5.25 Å². The van der Waals surface area contributed by atoms with Crippen LogP contribution in [0, 0.1) is 6.92 Å². The van der Waals surface area contributed by atoms with Gasteiger partial charge in [-0.25, -0.2) is 0 Å². The summed E-state index contributed by atoms with van der Waals surface area (Å²) in [7, 11) is 0. The fraction of sp³-hybridized carbons (Fsp3) is 0.500. The molecule has 0 radical (unpaired) electrons. The molecule has 1 aromatic heterocycles. The Labute approximate surface area is 84.0 Å². The number of nitrogens with two attached hydrogens (primary N) is 1. The summed E-state index contributed by atoms with van der Waals surface area (Å²) in [6.07, 6.45) is 0. The Bertz CT molecular complexity index is 311. The van der Waals surface area contributed by atoms with E-state index in [1.165, 1.54) is 23.1 Å². The van der Waals surface area contributed by atoms with Gasteiger partial charge >= 0.3 is 0 Å². The molecule has 7 heteroatoms. The maximum Gasteiger partial charge on any atom is 0.174 e. The number of rotatable bonds is 3. The first kappa shape index (κ1) is 10.3. The Morgan fingerprint density at radius 1 is 1.69 bits per heavy atom. The van der Waals surface area contributed by atoms with Crippen LogP contribution in [-0.2, 0) is 0 Å². The molecule has 13 heavy (non-hydrogen) atoms. The molecule has 1 atom stereocenters. The highest BCUT2D eigenvalue weighted by Gasteiger charge is 2.12. The third-order valence-electron chi connectivity index (χ3n) is 1.32. The predicted molar refractivity (Wildman–Crippen MR) is 53.4 cm³/mol. The lowest BCUT2D eigenvalue weighted by Crippen LogP contribution is -2.23. The van der Waals surface area contributed by atoms with Gasteiger partial charge in [0.1, 0.15) is 5.01 Å². The highest BCUT2D eigenvalue weighted by Crippen LogP contribution is 2.25. The predicted octanol–water partition coefficient (Wildman–Crippen LogP) is 1.07. The van der Waals surface area contributed by atoms with Crippen LogP contribution in [0.15, 0.2) is 9.50 Å². The summed E-state index contributed by atoms with van der Waals surface area (Å²) in [4.78, 5) is 0. The lowest BCUT2D eigenvalue weighted by Gasteiger charge is -2.04. The van der Waals surface area contributed by atoms with Crippen LogP contribution in [0.1, 0.15) is 11.9 Å². The minimum Gasteiger partial charge on any atom is -0.409 e. The molecule has 5 nitrogen and oxygen atoms in total. The van der Waals surface area contributed by atoms with Gasteiger partial charge in [0.25, 0.3) is 0 Å². The summed E-state index contributed by atoms with van der Waals surface area (Å²) >= 11 is 2.92. The Morgan fingerprint density at radius 3 is 2.85 bits per heavy atom. The van der Waals surface area contributed by atoms with Crippen LogP contribution in [0.2, 0.25) is 0 Å². The zero-order valence-corrected chi connectivity index (χ0v) is 8.89. The molecule has 0 bridgehead atoms. The summed E-state index contributed by atoms with van der Waals surface area (Å²) in [6.45, 7) is 3.73. The van der Waals surface area contributed by atoms with Crippen molar-refractivity contribution >= 4 is 28.9 Å². The van der Waals surface area contributed by atoms with E-state index in [0.717, 1.165) is 9.35 Å². The molecule has 0 aliphatic carbocycles. The number of aryl methyl sites for hydroxylation is 1. The van der Waals surface area contributed by atoms with Crippen LogP contribution in [0.3, 0.4) is 0 Å². The summed E-state index contributed by atoms with van der Waals surface area (Å²) in [5.74, 6) is 0.192. The highest BCUT2D eigenvalue weighted by molar-refractivity contribution is 8.02. The van der Waals surface area contributed by atoms with Gasteiger partial charge in [-0.05, 0) is 13.8 Å². The van der Waals surface area contributed by atoms with Crippen LogP contribution in [0.25, 0.3) is 0 Å². The molecule has 0 fully saturated rings. The number of hydrogen-bond donors (Lipinski definition) is 2. The summed E-state index contributed by atoms with van der Waals surface area (Å²) in [5.41, 5.74) is 5.41. The Hall–Kier alpha value is -0.820. The van der Waals surface area contributed by atoms with Crippen molar-refractivity contribution < 1.29 is 5.21 Å². The molecule has 0 aliphatic rings. The van der Waals surface area contributed by atoms with Gasteiger partial charge in [-0.15, -0.1) is 10.2 Å². The van der Waals surface area contributed by atoms with E-state index in [4.69, 9.17) is 10.9 Å². The Morgan fingerprint density at radius 2 is 2.38 bits per heavy atom. The fourth-order valence-corrected chi connectivity index (χ4v) is 2.58. The number of hydrogen-bond acceptors (Lipinski definition) is 6. The maximum absolute atomic E-state index is 8.41. The molecule has 0 amide bonds. The normalized spacial score (nSPS) is 14.5. The maximum atomic E-state index is 8.41. The number of thioether (sulfide) groups is 1. The van der Waals surface area contributed by atoms with Gasteiger partial charge in [-0.2, -0.15) is 0 Å². The summed E-state index contributed by atoms with van der Waals surface area (Å²) in [6, 6.07) is 0. The van der Waals surface area contributed by atoms with Gasteiger partial charge in [-0.1, -0.05) is 28.3 Å². The van der Waals surface area contributed by atoms with Crippen molar-refractivity contribution in [3.05, 3.63) is 5.01 Å². The van der Waals surface area contributed by atoms with E-state index in [1.54, 1.807) is 0 Å². The van der Waals surface area contributed by atoms with E-state index in [2.05, 4.69) is 15.4 Å². The van der Waals surface area contributed by atoms with E-state index < -0.39 is 0 Å². The standard InChI is InChI=1S/C6H10N4OS2/c1-3(5(7)10-11)12-6-9-8-4(2)13-6/h3,11H,1-2H3,(H2,7,10). The molecule has 0 spiro atoms. The molecule has 1 unspecified atom stereocenters.